The molecule has 3 rings (SSSR count). The van der Waals surface area contributed by atoms with Gasteiger partial charge in [0.05, 0.1) is 0 Å². The maximum atomic E-state index is 2.33. The summed E-state index contributed by atoms with van der Waals surface area (Å²) in [6.07, 6.45) is 20.1. The van der Waals surface area contributed by atoms with Gasteiger partial charge < -0.3 is 0 Å². The molecule has 0 bridgehead atoms. The maximum absolute atomic E-state index is 2.33. The van der Waals surface area contributed by atoms with E-state index in [0.29, 0.717) is 5.92 Å². The Morgan fingerprint density at radius 3 is 2.71 bits per heavy atom. The Hall–Kier alpha value is -2.08. The zero-order valence-corrected chi connectivity index (χ0v) is 12.8. The molecule has 106 valence electrons. The van der Waals surface area contributed by atoms with Crippen LogP contribution in [0.3, 0.4) is 0 Å². The molecule has 1 aromatic carbocycles. The summed E-state index contributed by atoms with van der Waals surface area (Å²) in [4.78, 5) is 0. The first-order valence-corrected chi connectivity index (χ1v) is 7.75. The Morgan fingerprint density at radius 2 is 1.81 bits per heavy atom. The summed E-state index contributed by atoms with van der Waals surface area (Å²) in [7, 11) is 0. The monoisotopic (exact) mass is 274 g/mol. The lowest BCUT2D eigenvalue weighted by Crippen LogP contribution is -1.93. The fourth-order valence-electron chi connectivity index (χ4n) is 2.92. The third kappa shape index (κ3) is 3.16. The summed E-state index contributed by atoms with van der Waals surface area (Å²) in [6, 6.07) is 6.76. The number of benzene rings is 1. The van der Waals surface area contributed by atoms with Gasteiger partial charge in [-0.05, 0) is 42.4 Å². The molecular formula is C21H22. The van der Waals surface area contributed by atoms with Gasteiger partial charge in [-0.2, -0.15) is 0 Å². The Labute approximate surface area is 127 Å². The summed E-state index contributed by atoms with van der Waals surface area (Å²) in [5, 5.41) is 0. The van der Waals surface area contributed by atoms with Crippen LogP contribution >= 0.6 is 0 Å². The molecule has 0 fully saturated rings. The molecule has 0 saturated carbocycles. The molecule has 0 spiro atoms. The van der Waals surface area contributed by atoms with Gasteiger partial charge in [0, 0.05) is 0 Å². The van der Waals surface area contributed by atoms with Crippen molar-refractivity contribution >= 4 is 11.6 Å². The number of aryl methyl sites for hydroxylation is 1. The van der Waals surface area contributed by atoms with Gasteiger partial charge in [-0.3, -0.25) is 0 Å². The largest absolute Gasteiger partial charge is 0.0804 e. The van der Waals surface area contributed by atoms with Crippen LogP contribution in [0.1, 0.15) is 36.5 Å². The summed E-state index contributed by atoms with van der Waals surface area (Å²) < 4.78 is 0. The van der Waals surface area contributed by atoms with Crippen LogP contribution in [0.15, 0.2) is 66.3 Å². The van der Waals surface area contributed by atoms with Crippen LogP contribution in [0.2, 0.25) is 0 Å². The molecular weight excluding hydrogens is 252 g/mol. The van der Waals surface area contributed by atoms with Crippen LogP contribution in [-0.2, 0) is 0 Å². The van der Waals surface area contributed by atoms with Gasteiger partial charge in [-0.25, -0.2) is 0 Å². The molecule has 21 heavy (non-hydrogen) atoms. The molecule has 0 radical (unpaired) electrons. The molecule has 0 aromatic heterocycles. The molecule has 1 atom stereocenters. The SMILES string of the molecule is Cc1ccc2c(c1)C1=C(CC=C2)C/C=C\C=C/C(C)/C=C\1. The lowest BCUT2D eigenvalue weighted by atomic mass is 9.92. The number of hydrogen-bond acceptors (Lipinski definition) is 0. The predicted molar refractivity (Wildman–Crippen MR) is 93.0 cm³/mol. The number of fused-ring (bicyclic) bond motifs is 2. The van der Waals surface area contributed by atoms with Crippen molar-refractivity contribution in [3.05, 3.63) is 83.0 Å². The summed E-state index contributed by atoms with van der Waals surface area (Å²) >= 11 is 0. The average Bonchev–Trinajstić information content (AvgIpc) is 2.64. The van der Waals surface area contributed by atoms with Crippen molar-refractivity contribution in [2.24, 2.45) is 5.92 Å². The molecule has 0 nitrogen and oxygen atoms in total. The molecule has 1 aromatic rings. The van der Waals surface area contributed by atoms with Crippen LogP contribution in [0.4, 0.5) is 0 Å². The third-order valence-corrected chi connectivity index (χ3v) is 4.13. The summed E-state index contributed by atoms with van der Waals surface area (Å²) in [5.74, 6) is 0.464. The second kappa shape index (κ2) is 6.13. The molecule has 2 aliphatic carbocycles. The first-order chi connectivity index (χ1) is 10.2. The van der Waals surface area contributed by atoms with Crippen molar-refractivity contribution in [3.63, 3.8) is 0 Å². The van der Waals surface area contributed by atoms with E-state index in [4.69, 9.17) is 0 Å². The van der Waals surface area contributed by atoms with E-state index < -0.39 is 0 Å². The highest BCUT2D eigenvalue weighted by Gasteiger charge is 2.12. The van der Waals surface area contributed by atoms with Crippen molar-refractivity contribution in [2.75, 3.05) is 0 Å². The summed E-state index contributed by atoms with van der Waals surface area (Å²) in [5.41, 5.74) is 6.95. The van der Waals surface area contributed by atoms with Crippen molar-refractivity contribution in [1.82, 2.24) is 0 Å². The van der Waals surface area contributed by atoms with Gasteiger partial charge in [-0.15, -0.1) is 0 Å². The van der Waals surface area contributed by atoms with Crippen LogP contribution in [0.25, 0.3) is 11.6 Å². The van der Waals surface area contributed by atoms with Gasteiger partial charge in [0.25, 0.3) is 0 Å². The quantitative estimate of drug-likeness (QED) is 0.554. The highest BCUT2D eigenvalue weighted by Crippen LogP contribution is 2.33. The smallest absolute Gasteiger partial charge is 0.00754 e. The molecule has 0 heteroatoms. The standard InChI is InChI=1S/C21H22/c1-16-7-4-3-5-8-18-9-6-10-19-13-11-17(2)15-21(19)20(18)14-12-16/h3-7,10-16H,8-9H2,1-2H3/b5-3-,7-4-,14-12-. The molecule has 1 unspecified atom stereocenters. The predicted octanol–water partition coefficient (Wildman–Crippen LogP) is 5.87. The van der Waals surface area contributed by atoms with E-state index in [1.165, 1.54) is 27.8 Å². The molecule has 0 N–H and O–H groups in total. The Balaban J connectivity index is 2.15. The summed E-state index contributed by atoms with van der Waals surface area (Å²) in [6.45, 7) is 4.40. The van der Waals surface area contributed by atoms with Gasteiger partial charge in [-0.1, -0.05) is 84.9 Å². The van der Waals surface area contributed by atoms with E-state index in [9.17, 15) is 0 Å². The third-order valence-electron chi connectivity index (χ3n) is 4.13. The van der Waals surface area contributed by atoms with E-state index in [0.717, 1.165) is 12.8 Å². The minimum Gasteiger partial charge on any atom is -0.0804 e. The fraction of sp³-hybridized carbons (Fsp3) is 0.238. The van der Waals surface area contributed by atoms with Crippen molar-refractivity contribution in [1.29, 1.82) is 0 Å². The zero-order valence-electron chi connectivity index (χ0n) is 12.8. The second-order valence-corrected chi connectivity index (χ2v) is 5.95. The van der Waals surface area contributed by atoms with E-state index in [1.54, 1.807) is 0 Å². The van der Waals surface area contributed by atoms with Gasteiger partial charge >= 0.3 is 0 Å². The van der Waals surface area contributed by atoms with Crippen molar-refractivity contribution in [3.8, 4) is 0 Å². The Bertz CT molecular complexity index is 678. The second-order valence-electron chi connectivity index (χ2n) is 5.95. The molecule has 2 aliphatic rings. The maximum Gasteiger partial charge on any atom is -0.00754 e. The molecule has 0 amide bonds. The topological polar surface area (TPSA) is 0 Å². The van der Waals surface area contributed by atoms with Crippen LogP contribution < -0.4 is 0 Å². The van der Waals surface area contributed by atoms with E-state index >= 15 is 0 Å². The van der Waals surface area contributed by atoms with E-state index in [-0.39, 0.29) is 0 Å². The van der Waals surface area contributed by atoms with Crippen LogP contribution in [-0.4, -0.2) is 0 Å². The van der Waals surface area contributed by atoms with Gasteiger partial charge in [0.1, 0.15) is 0 Å². The Kier molecular flexibility index (Phi) is 4.06. The highest BCUT2D eigenvalue weighted by molar-refractivity contribution is 5.84. The fourth-order valence-corrected chi connectivity index (χ4v) is 2.92. The zero-order chi connectivity index (χ0) is 14.7. The first kappa shape index (κ1) is 13.9. The lowest BCUT2D eigenvalue weighted by Gasteiger charge is -2.13. The Morgan fingerprint density at radius 1 is 0.952 bits per heavy atom. The minimum atomic E-state index is 0.464. The van der Waals surface area contributed by atoms with Crippen molar-refractivity contribution < 1.29 is 0 Å². The normalized spacial score (nSPS) is 25.5. The minimum absolute atomic E-state index is 0.464. The van der Waals surface area contributed by atoms with Crippen LogP contribution in [0, 0.1) is 12.8 Å². The van der Waals surface area contributed by atoms with E-state index in [2.05, 4.69) is 80.7 Å². The van der Waals surface area contributed by atoms with Crippen molar-refractivity contribution in [2.45, 2.75) is 26.7 Å². The van der Waals surface area contributed by atoms with Gasteiger partial charge in [0.15, 0.2) is 0 Å². The van der Waals surface area contributed by atoms with Gasteiger partial charge in [0.2, 0.25) is 0 Å². The average molecular weight is 274 g/mol. The number of allylic oxidation sites excluding steroid dienone is 9. The molecule has 0 saturated heterocycles. The first-order valence-electron chi connectivity index (χ1n) is 7.75. The van der Waals surface area contributed by atoms with Crippen LogP contribution in [0.5, 0.6) is 0 Å². The number of rotatable bonds is 0. The molecule has 0 aliphatic heterocycles. The van der Waals surface area contributed by atoms with E-state index in [1.807, 2.05) is 0 Å². The molecule has 0 heterocycles. The highest BCUT2D eigenvalue weighted by atomic mass is 14.2. The lowest BCUT2D eigenvalue weighted by molar-refractivity contribution is 0.939. The number of hydrogen-bond donors (Lipinski definition) is 0.